The van der Waals surface area contributed by atoms with Crippen LogP contribution in [0.2, 0.25) is 0 Å². The first kappa shape index (κ1) is 14.7. The Morgan fingerprint density at radius 2 is 1.90 bits per heavy atom. The maximum absolute atomic E-state index is 5.66. The number of benzene rings is 1. The number of nitrogens with two attached hydrogens (primary N) is 1. The molecule has 2 rings (SSSR count). The molecule has 4 heteroatoms. The molecule has 0 bridgehead atoms. The quantitative estimate of drug-likeness (QED) is 0.840. The van der Waals surface area contributed by atoms with E-state index in [-0.39, 0.29) is 0 Å². The van der Waals surface area contributed by atoms with Crippen LogP contribution >= 0.6 is 0 Å². The fourth-order valence-electron chi connectivity index (χ4n) is 2.39. The first-order valence-corrected chi connectivity index (χ1v) is 7.28. The SMILES string of the molecule is CC(C)C(CCN)CCc1nc(-c2ccccc2)no1. The zero-order valence-electron chi connectivity index (χ0n) is 12.2. The van der Waals surface area contributed by atoms with Crippen molar-refractivity contribution in [2.75, 3.05) is 6.54 Å². The predicted molar refractivity (Wildman–Crippen MR) is 80.1 cm³/mol. The van der Waals surface area contributed by atoms with Gasteiger partial charge in [0.05, 0.1) is 0 Å². The topological polar surface area (TPSA) is 64.9 Å². The molecule has 0 amide bonds. The van der Waals surface area contributed by atoms with Gasteiger partial charge in [0, 0.05) is 12.0 Å². The van der Waals surface area contributed by atoms with Crippen LogP contribution in [0.15, 0.2) is 34.9 Å². The Kier molecular flexibility index (Phi) is 5.30. The summed E-state index contributed by atoms with van der Waals surface area (Å²) in [6, 6.07) is 9.90. The van der Waals surface area contributed by atoms with Gasteiger partial charge in [-0.05, 0) is 31.2 Å². The second kappa shape index (κ2) is 7.20. The first-order valence-electron chi connectivity index (χ1n) is 7.28. The monoisotopic (exact) mass is 273 g/mol. The molecular formula is C16H23N3O. The van der Waals surface area contributed by atoms with Crippen LogP contribution in [0.3, 0.4) is 0 Å². The molecule has 1 aromatic heterocycles. The molecule has 0 aliphatic rings. The van der Waals surface area contributed by atoms with Gasteiger partial charge in [-0.3, -0.25) is 0 Å². The van der Waals surface area contributed by atoms with E-state index in [0.29, 0.717) is 23.6 Å². The van der Waals surface area contributed by atoms with Crippen molar-refractivity contribution in [3.8, 4) is 11.4 Å². The second-order valence-electron chi connectivity index (χ2n) is 5.50. The number of nitrogens with zero attached hydrogens (tertiary/aromatic N) is 2. The summed E-state index contributed by atoms with van der Waals surface area (Å²) in [5.41, 5.74) is 6.66. The number of aromatic nitrogens is 2. The average Bonchev–Trinajstić information content (AvgIpc) is 2.93. The van der Waals surface area contributed by atoms with Crippen molar-refractivity contribution >= 4 is 0 Å². The molecule has 0 aliphatic heterocycles. The molecular weight excluding hydrogens is 250 g/mol. The molecule has 0 saturated heterocycles. The molecule has 1 heterocycles. The van der Waals surface area contributed by atoms with Crippen molar-refractivity contribution in [2.24, 2.45) is 17.6 Å². The summed E-state index contributed by atoms with van der Waals surface area (Å²) in [7, 11) is 0. The van der Waals surface area contributed by atoms with Crippen LogP contribution in [0.5, 0.6) is 0 Å². The minimum absolute atomic E-state index is 0.618. The number of hydrogen-bond donors (Lipinski definition) is 1. The molecule has 0 aliphatic carbocycles. The van der Waals surface area contributed by atoms with E-state index in [1.807, 2.05) is 30.3 Å². The van der Waals surface area contributed by atoms with Crippen LogP contribution in [0.1, 0.15) is 32.6 Å². The normalized spacial score (nSPS) is 12.8. The molecule has 2 aromatic rings. The maximum atomic E-state index is 5.66. The van der Waals surface area contributed by atoms with E-state index in [2.05, 4.69) is 24.0 Å². The summed E-state index contributed by atoms with van der Waals surface area (Å²) in [4.78, 5) is 4.46. The molecule has 1 unspecified atom stereocenters. The highest BCUT2D eigenvalue weighted by Gasteiger charge is 2.15. The molecule has 1 atom stereocenters. The van der Waals surface area contributed by atoms with Crippen LogP contribution in [0, 0.1) is 11.8 Å². The van der Waals surface area contributed by atoms with Crippen molar-refractivity contribution in [1.29, 1.82) is 0 Å². The highest BCUT2D eigenvalue weighted by molar-refractivity contribution is 5.53. The third-order valence-corrected chi connectivity index (χ3v) is 3.71. The van der Waals surface area contributed by atoms with Crippen molar-refractivity contribution < 1.29 is 4.52 Å². The van der Waals surface area contributed by atoms with E-state index in [1.165, 1.54) is 0 Å². The van der Waals surface area contributed by atoms with Crippen LogP contribution in [-0.2, 0) is 6.42 Å². The lowest BCUT2D eigenvalue weighted by Crippen LogP contribution is -2.15. The van der Waals surface area contributed by atoms with E-state index in [4.69, 9.17) is 10.3 Å². The molecule has 20 heavy (non-hydrogen) atoms. The number of aryl methyl sites for hydroxylation is 1. The van der Waals surface area contributed by atoms with Crippen molar-refractivity contribution in [1.82, 2.24) is 10.1 Å². The Morgan fingerprint density at radius 1 is 1.15 bits per heavy atom. The van der Waals surface area contributed by atoms with E-state index in [1.54, 1.807) is 0 Å². The maximum Gasteiger partial charge on any atom is 0.226 e. The largest absolute Gasteiger partial charge is 0.339 e. The summed E-state index contributed by atoms with van der Waals surface area (Å²) in [5, 5.41) is 4.04. The molecule has 0 saturated carbocycles. The van der Waals surface area contributed by atoms with Crippen LogP contribution in [-0.4, -0.2) is 16.7 Å². The fraction of sp³-hybridized carbons (Fsp3) is 0.500. The summed E-state index contributed by atoms with van der Waals surface area (Å²) in [6.45, 7) is 5.22. The average molecular weight is 273 g/mol. The summed E-state index contributed by atoms with van der Waals surface area (Å²) >= 11 is 0. The lowest BCUT2D eigenvalue weighted by molar-refractivity contribution is 0.313. The lowest BCUT2D eigenvalue weighted by atomic mass is 9.88. The van der Waals surface area contributed by atoms with Crippen LogP contribution < -0.4 is 5.73 Å². The van der Waals surface area contributed by atoms with Gasteiger partial charge in [-0.1, -0.05) is 49.3 Å². The smallest absolute Gasteiger partial charge is 0.226 e. The molecule has 2 N–H and O–H groups in total. The molecule has 0 radical (unpaired) electrons. The number of rotatable bonds is 7. The predicted octanol–water partition coefficient (Wildman–Crippen LogP) is 3.29. The third-order valence-electron chi connectivity index (χ3n) is 3.71. The Bertz CT molecular complexity index is 507. The standard InChI is InChI=1S/C16H23N3O/c1-12(2)13(10-11-17)8-9-15-18-16(19-20-15)14-6-4-3-5-7-14/h3-7,12-13H,8-11,17H2,1-2H3. The minimum atomic E-state index is 0.618. The Morgan fingerprint density at radius 3 is 2.55 bits per heavy atom. The van der Waals surface area contributed by atoms with Crippen molar-refractivity contribution in [3.05, 3.63) is 36.2 Å². The van der Waals surface area contributed by atoms with Gasteiger partial charge < -0.3 is 10.3 Å². The van der Waals surface area contributed by atoms with Crippen LogP contribution in [0.25, 0.3) is 11.4 Å². The highest BCUT2D eigenvalue weighted by Crippen LogP contribution is 2.22. The Labute approximate surface area is 120 Å². The van der Waals surface area contributed by atoms with Crippen molar-refractivity contribution in [3.63, 3.8) is 0 Å². The molecule has 108 valence electrons. The van der Waals surface area contributed by atoms with Gasteiger partial charge in [0.2, 0.25) is 11.7 Å². The lowest BCUT2D eigenvalue weighted by Gasteiger charge is -2.18. The second-order valence-corrected chi connectivity index (χ2v) is 5.50. The molecule has 0 spiro atoms. The molecule has 0 fully saturated rings. The van der Waals surface area contributed by atoms with Gasteiger partial charge in [0.15, 0.2) is 0 Å². The Hall–Kier alpha value is -1.68. The Balaban J connectivity index is 1.96. The summed E-state index contributed by atoms with van der Waals surface area (Å²) in [5.74, 6) is 2.63. The van der Waals surface area contributed by atoms with E-state index < -0.39 is 0 Å². The zero-order chi connectivity index (χ0) is 14.4. The van der Waals surface area contributed by atoms with Crippen LogP contribution in [0.4, 0.5) is 0 Å². The van der Waals surface area contributed by atoms with Gasteiger partial charge in [0.25, 0.3) is 0 Å². The van der Waals surface area contributed by atoms with Gasteiger partial charge in [-0.15, -0.1) is 0 Å². The van der Waals surface area contributed by atoms with E-state index in [9.17, 15) is 0 Å². The van der Waals surface area contributed by atoms with Crippen molar-refractivity contribution in [2.45, 2.75) is 33.1 Å². The first-order chi connectivity index (χ1) is 9.70. The van der Waals surface area contributed by atoms with Gasteiger partial charge in [0.1, 0.15) is 0 Å². The fourth-order valence-corrected chi connectivity index (χ4v) is 2.39. The molecule has 1 aromatic carbocycles. The van der Waals surface area contributed by atoms with E-state index >= 15 is 0 Å². The van der Waals surface area contributed by atoms with Gasteiger partial charge in [-0.2, -0.15) is 4.98 Å². The van der Waals surface area contributed by atoms with E-state index in [0.717, 1.165) is 31.4 Å². The third kappa shape index (κ3) is 3.90. The minimum Gasteiger partial charge on any atom is -0.339 e. The summed E-state index contributed by atoms with van der Waals surface area (Å²) in [6.07, 6.45) is 2.92. The zero-order valence-corrected chi connectivity index (χ0v) is 12.2. The number of hydrogen-bond acceptors (Lipinski definition) is 4. The summed E-state index contributed by atoms with van der Waals surface area (Å²) < 4.78 is 5.33. The molecule has 4 nitrogen and oxygen atoms in total. The van der Waals surface area contributed by atoms with Gasteiger partial charge >= 0.3 is 0 Å². The van der Waals surface area contributed by atoms with Gasteiger partial charge in [-0.25, -0.2) is 0 Å². The highest BCUT2D eigenvalue weighted by atomic mass is 16.5.